The van der Waals surface area contributed by atoms with Crippen molar-refractivity contribution >= 4 is 0 Å². The monoisotopic (exact) mass is 210 g/mol. The molecule has 1 aromatic heterocycles. The Bertz CT molecular complexity index is 291. The maximum atomic E-state index is 5.72. The number of hydrogen-bond donors (Lipinski definition) is 1. The van der Waals surface area contributed by atoms with Crippen molar-refractivity contribution in [3.05, 3.63) is 17.8 Å². The van der Waals surface area contributed by atoms with E-state index in [2.05, 4.69) is 4.98 Å². The first-order valence-corrected chi connectivity index (χ1v) is 5.00. The molecular weight excluding hydrogens is 192 g/mol. The third kappa shape index (κ3) is 3.09. The van der Waals surface area contributed by atoms with E-state index in [9.17, 15) is 0 Å². The molecule has 0 spiro atoms. The molecule has 0 radical (unpaired) electrons. The Morgan fingerprint density at radius 2 is 2.13 bits per heavy atom. The number of rotatable bonds is 5. The van der Waals surface area contributed by atoms with Gasteiger partial charge >= 0.3 is 0 Å². The molecule has 1 aromatic rings. The van der Waals surface area contributed by atoms with E-state index >= 15 is 0 Å². The molecule has 0 saturated carbocycles. The lowest BCUT2D eigenvalue weighted by Gasteiger charge is -2.12. The highest BCUT2D eigenvalue weighted by Crippen LogP contribution is 2.27. The van der Waals surface area contributed by atoms with Crippen molar-refractivity contribution in [2.45, 2.75) is 25.8 Å². The second kappa shape index (κ2) is 5.56. The summed E-state index contributed by atoms with van der Waals surface area (Å²) in [5.41, 5.74) is 6.71. The summed E-state index contributed by atoms with van der Waals surface area (Å²) in [6.45, 7) is 1.98. The van der Waals surface area contributed by atoms with Gasteiger partial charge in [-0.15, -0.1) is 0 Å². The van der Waals surface area contributed by atoms with Crippen LogP contribution < -0.4 is 15.2 Å². The van der Waals surface area contributed by atoms with Gasteiger partial charge in [0.05, 0.1) is 19.8 Å². The zero-order chi connectivity index (χ0) is 11.3. The predicted octanol–water partition coefficient (Wildman–Crippen LogP) is 1.38. The Labute approximate surface area is 90.4 Å². The summed E-state index contributed by atoms with van der Waals surface area (Å²) in [6, 6.07) is 2.00. The van der Waals surface area contributed by atoms with E-state index in [-0.39, 0.29) is 6.04 Å². The lowest BCUT2D eigenvalue weighted by Crippen LogP contribution is -2.16. The maximum Gasteiger partial charge on any atom is 0.219 e. The van der Waals surface area contributed by atoms with E-state index in [0.29, 0.717) is 5.88 Å². The van der Waals surface area contributed by atoms with Gasteiger partial charge in [0.15, 0.2) is 0 Å². The highest BCUT2D eigenvalue weighted by Gasteiger charge is 2.11. The van der Waals surface area contributed by atoms with Crippen LogP contribution in [0.15, 0.2) is 12.3 Å². The summed E-state index contributed by atoms with van der Waals surface area (Å²) >= 11 is 0. The highest BCUT2D eigenvalue weighted by molar-refractivity contribution is 5.39. The van der Waals surface area contributed by atoms with E-state index in [1.54, 1.807) is 20.4 Å². The summed E-state index contributed by atoms with van der Waals surface area (Å²) in [6.07, 6.45) is 3.38. The summed E-state index contributed by atoms with van der Waals surface area (Å²) < 4.78 is 10.4. The number of pyridine rings is 1. The van der Waals surface area contributed by atoms with Gasteiger partial charge in [-0.3, -0.25) is 0 Å². The molecule has 0 aliphatic carbocycles. The Balaban J connectivity index is 2.89. The molecule has 1 atom stereocenters. The van der Waals surface area contributed by atoms with Crippen LogP contribution >= 0.6 is 0 Å². The van der Waals surface area contributed by atoms with Gasteiger partial charge in [-0.25, -0.2) is 4.98 Å². The van der Waals surface area contributed by atoms with E-state index in [0.717, 1.165) is 24.2 Å². The molecule has 84 valence electrons. The molecule has 0 aliphatic rings. The third-order valence-electron chi connectivity index (χ3n) is 2.24. The number of methoxy groups -OCH3 is 2. The minimum atomic E-state index is 0.166. The first-order valence-electron chi connectivity index (χ1n) is 5.00. The fraction of sp³-hybridized carbons (Fsp3) is 0.545. The lowest BCUT2D eigenvalue weighted by molar-refractivity contribution is 0.371. The van der Waals surface area contributed by atoms with Crippen LogP contribution in [0.1, 0.15) is 18.9 Å². The molecule has 0 saturated heterocycles. The topological polar surface area (TPSA) is 57.4 Å². The normalized spacial score (nSPS) is 12.3. The van der Waals surface area contributed by atoms with Gasteiger partial charge in [0.2, 0.25) is 5.88 Å². The van der Waals surface area contributed by atoms with E-state index in [4.69, 9.17) is 15.2 Å². The Morgan fingerprint density at radius 3 is 2.67 bits per heavy atom. The molecule has 2 N–H and O–H groups in total. The SMILES string of the molecule is COc1ccnc(OC)c1CCC(C)N. The second-order valence-corrected chi connectivity index (χ2v) is 3.52. The van der Waals surface area contributed by atoms with Crippen molar-refractivity contribution in [2.75, 3.05) is 14.2 Å². The average molecular weight is 210 g/mol. The second-order valence-electron chi connectivity index (χ2n) is 3.52. The third-order valence-corrected chi connectivity index (χ3v) is 2.24. The van der Waals surface area contributed by atoms with Gasteiger partial charge in [0, 0.05) is 12.2 Å². The molecular formula is C11H18N2O2. The van der Waals surface area contributed by atoms with Crippen LogP contribution in [0.3, 0.4) is 0 Å². The van der Waals surface area contributed by atoms with Crippen molar-refractivity contribution in [1.82, 2.24) is 4.98 Å². The molecule has 1 heterocycles. The minimum absolute atomic E-state index is 0.166. The van der Waals surface area contributed by atoms with Crippen molar-refractivity contribution in [3.63, 3.8) is 0 Å². The first kappa shape index (κ1) is 11.8. The standard InChI is InChI=1S/C11H18N2O2/c1-8(12)4-5-9-10(14-2)6-7-13-11(9)15-3/h6-8H,4-5,12H2,1-3H3. The molecule has 1 unspecified atom stereocenters. The van der Waals surface area contributed by atoms with Gasteiger partial charge in [-0.2, -0.15) is 0 Å². The van der Waals surface area contributed by atoms with E-state index < -0.39 is 0 Å². The number of hydrogen-bond acceptors (Lipinski definition) is 4. The van der Waals surface area contributed by atoms with Crippen molar-refractivity contribution in [2.24, 2.45) is 5.73 Å². The van der Waals surface area contributed by atoms with Gasteiger partial charge in [-0.1, -0.05) is 0 Å². The molecule has 4 nitrogen and oxygen atoms in total. The van der Waals surface area contributed by atoms with Crippen LogP contribution in [0, 0.1) is 0 Å². The highest BCUT2D eigenvalue weighted by atomic mass is 16.5. The molecule has 1 rings (SSSR count). The Morgan fingerprint density at radius 1 is 1.40 bits per heavy atom. The quantitative estimate of drug-likeness (QED) is 0.797. The van der Waals surface area contributed by atoms with Gasteiger partial charge in [0.1, 0.15) is 5.75 Å². The van der Waals surface area contributed by atoms with Gasteiger partial charge in [-0.05, 0) is 25.8 Å². The minimum Gasteiger partial charge on any atom is -0.496 e. The smallest absolute Gasteiger partial charge is 0.219 e. The largest absolute Gasteiger partial charge is 0.496 e. The number of aromatic nitrogens is 1. The fourth-order valence-electron chi connectivity index (χ4n) is 1.43. The molecule has 0 amide bonds. The van der Waals surface area contributed by atoms with Crippen LogP contribution in [0.25, 0.3) is 0 Å². The molecule has 0 aromatic carbocycles. The Kier molecular flexibility index (Phi) is 4.37. The Hall–Kier alpha value is -1.29. The van der Waals surface area contributed by atoms with Crippen LogP contribution in [-0.4, -0.2) is 25.2 Å². The molecule has 0 fully saturated rings. The average Bonchev–Trinajstić information content (AvgIpc) is 2.25. The maximum absolute atomic E-state index is 5.72. The van der Waals surface area contributed by atoms with Crippen molar-refractivity contribution in [3.8, 4) is 11.6 Å². The zero-order valence-corrected chi connectivity index (χ0v) is 9.49. The van der Waals surface area contributed by atoms with Crippen LogP contribution in [0.5, 0.6) is 11.6 Å². The summed E-state index contributed by atoms with van der Waals surface area (Å²) in [4.78, 5) is 4.14. The van der Waals surface area contributed by atoms with E-state index in [1.165, 1.54) is 0 Å². The zero-order valence-electron chi connectivity index (χ0n) is 9.49. The van der Waals surface area contributed by atoms with Gasteiger partial charge in [0.25, 0.3) is 0 Å². The van der Waals surface area contributed by atoms with Crippen LogP contribution in [-0.2, 0) is 6.42 Å². The summed E-state index contributed by atoms with van der Waals surface area (Å²) in [7, 11) is 3.25. The number of ether oxygens (including phenoxy) is 2. The summed E-state index contributed by atoms with van der Waals surface area (Å²) in [5.74, 6) is 1.43. The molecule has 4 heteroatoms. The van der Waals surface area contributed by atoms with Crippen LogP contribution in [0.4, 0.5) is 0 Å². The fourth-order valence-corrected chi connectivity index (χ4v) is 1.43. The first-order chi connectivity index (χ1) is 7.19. The number of nitrogens with two attached hydrogens (primary N) is 1. The van der Waals surface area contributed by atoms with E-state index in [1.807, 2.05) is 13.0 Å². The van der Waals surface area contributed by atoms with Gasteiger partial charge < -0.3 is 15.2 Å². The van der Waals surface area contributed by atoms with Crippen molar-refractivity contribution < 1.29 is 9.47 Å². The number of nitrogens with zero attached hydrogens (tertiary/aromatic N) is 1. The molecule has 0 bridgehead atoms. The lowest BCUT2D eigenvalue weighted by atomic mass is 10.1. The molecule has 15 heavy (non-hydrogen) atoms. The van der Waals surface area contributed by atoms with Crippen molar-refractivity contribution in [1.29, 1.82) is 0 Å². The molecule has 0 aliphatic heterocycles. The van der Waals surface area contributed by atoms with Crippen LogP contribution in [0.2, 0.25) is 0 Å². The predicted molar refractivity (Wildman–Crippen MR) is 59.3 cm³/mol. The summed E-state index contributed by atoms with van der Waals surface area (Å²) in [5, 5.41) is 0.